The first-order chi connectivity index (χ1) is 7.62. The first kappa shape index (κ1) is 25.3. The van der Waals surface area contributed by atoms with Gasteiger partial charge in [0.2, 0.25) is 0 Å². The molecule has 0 rings (SSSR count). The van der Waals surface area contributed by atoms with E-state index in [1.54, 1.807) is 6.55 Å². The maximum absolute atomic E-state index is 12.4. The van der Waals surface area contributed by atoms with Crippen LogP contribution >= 0.6 is 0 Å². The fourth-order valence-corrected chi connectivity index (χ4v) is 14.2. The molecule has 0 radical (unpaired) electrons. The number of halogens is 3. The zero-order chi connectivity index (χ0) is 14.8. The summed E-state index contributed by atoms with van der Waals surface area (Å²) in [6.45, 7) is 13.7. The molecule has 0 bridgehead atoms. The monoisotopic (exact) mass is 350 g/mol. The van der Waals surface area contributed by atoms with Crippen molar-refractivity contribution >= 4 is 25.2 Å². The Morgan fingerprint density at radius 3 is 1.25 bits per heavy atom. The molecule has 0 aromatic heterocycles. The van der Waals surface area contributed by atoms with Crippen molar-refractivity contribution < 1.29 is 21.4 Å². The lowest BCUT2D eigenvalue weighted by atomic mass is 10.5. The molecular formula is C12H33F3O2Si3. The molecule has 0 saturated carbocycles. The Morgan fingerprint density at radius 2 is 1.05 bits per heavy atom. The second kappa shape index (κ2) is 8.11. The van der Waals surface area contributed by atoms with Gasteiger partial charge in [-0.1, -0.05) is 14.9 Å². The fourth-order valence-electron chi connectivity index (χ4n) is 1.79. The first-order valence-electron chi connectivity index (χ1n) is 6.09. The van der Waals surface area contributed by atoms with Gasteiger partial charge in [-0.3, -0.25) is 0 Å². The number of alkyl halides is 3. The molecule has 126 valence electrons. The highest BCUT2D eigenvalue weighted by atomic mass is 28.5. The van der Waals surface area contributed by atoms with Crippen LogP contribution in [0.3, 0.4) is 0 Å². The zero-order valence-electron chi connectivity index (χ0n) is 12.4. The largest absolute Gasteiger partial charge is 0.437 e. The van der Waals surface area contributed by atoms with Gasteiger partial charge in [0.05, 0.1) is 0 Å². The predicted octanol–water partition coefficient (Wildman–Crippen LogP) is 5.99. The van der Waals surface area contributed by atoms with Crippen molar-refractivity contribution in [2.24, 2.45) is 0 Å². The Hall–Kier alpha value is 0.361. The Balaban J connectivity index is -0.00000144. The minimum absolute atomic E-state index is 0. The molecule has 20 heavy (non-hydrogen) atoms. The maximum atomic E-state index is 12.4. The second-order valence-electron chi connectivity index (χ2n) is 6.68. The van der Waals surface area contributed by atoms with Gasteiger partial charge in [0.1, 0.15) is 0 Å². The average Bonchev–Trinajstić information content (AvgIpc) is 1.91. The van der Waals surface area contributed by atoms with Gasteiger partial charge in [0.25, 0.3) is 0 Å². The van der Waals surface area contributed by atoms with E-state index in [9.17, 15) is 13.2 Å². The number of hydrogen-bond donors (Lipinski definition) is 0. The molecule has 8 heteroatoms. The lowest BCUT2D eigenvalue weighted by Crippen LogP contribution is -2.52. The molecule has 0 heterocycles. The molecular weight excluding hydrogens is 317 g/mol. The third kappa shape index (κ3) is 14.8. The molecule has 0 aromatic carbocycles. The van der Waals surface area contributed by atoms with Gasteiger partial charge in [-0.25, -0.2) is 0 Å². The van der Waals surface area contributed by atoms with E-state index in [2.05, 4.69) is 0 Å². The molecule has 2 nitrogen and oxygen atoms in total. The van der Waals surface area contributed by atoms with Crippen LogP contribution in [-0.4, -0.2) is 31.4 Å². The number of hydrogen-bond acceptors (Lipinski definition) is 2. The van der Waals surface area contributed by atoms with Crippen molar-refractivity contribution in [3.63, 3.8) is 0 Å². The molecule has 0 aromatic rings. The van der Waals surface area contributed by atoms with Crippen LogP contribution in [0.25, 0.3) is 0 Å². The van der Waals surface area contributed by atoms with Crippen LogP contribution in [0.2, 0.25) is 51.9 Å². The van der Waals surface area contributed by atoms with E-state index >= 15 is 0 Å². The van der Waals surface area contributed by atoms with Crippen molar-refractivity contribution in [2.45, 2.75) is 79.3 Å². The van der Waals surface area contributed by atoms with Gasteiger partial charge < -0.3 is 8.23 Å². The summed E-state index contributed by atoms with van der Waals surface area (Å²) in [6, 6.07) is -0.00889. The normalized spacial score (nSPS) is 13.5. The smallest absolute Gasteiger partial charge is 0.389 e. The van der Waals surface area contributed by atoms with Gasteiger partial charge >= 0.3 is 14.7 Å². The highest BCUT2D eigenvalue weighted by molar-refractivity contribution is 6.87. The minimum Gasteiger partial charge on any atom is -0.437 e. The zero-order valence-corrected chi connectivity index (χ0v) is 15.4. The van der Waals surface area contributed by atoms with Crippen LogP contribution in [0.1, 0.15) is 21.3 Å². The Bertz CT molecular complexity index is 255. The SMILES string of the molecule is C.C.C[Si](C)(C)O[Si](C)(CCC(F)(F)F)O[Si](C)(C)C. The summed E-state index contributed by atoms with van der Waals surface area (Å²) in [7, 11) is -6.52. The van der Waals surface area contributed by atoms with Crippen molar-refractivity contribution in [2.75, 3.05) is 0 Å². The molecule has 0 atom stereocenters. The van der Waals surface area contributed by atoms with Crippen LogP contribution < -0.4 is 0 Å². The molecule has 0 aliphatic heterocycles. The van der Waals surface area contributed by atoms with E-state index in [1.807, 2.05) is 39.3 Å². The summed E-state index contributed by atoms with van der Waals surface area (Å²) in [6.07, 6.45) is -4.95. The molecule has 0 aliphatic rings. The summed E-state index contributed by atoms with van der Waals surface area (Å²) in [4.78, 5) is 0. The van der Waals surface area contributed by atoms with Crippen LogP contribution in [-0.2, 0) is 8.23 Å². The van der Waals surface area contributed by atoms with Crippen LogP contribution in [0.4, 0.5) is 13.2 Å². The summed E-state index contributed by atoms with van der Waals surface area (Å²) in [5.41, 5.74) is 0. The van der Waals surface area contributed by atoms with Gasteiger partial charge in [0, 0.05) is 6.42 Å². The first-order valence-corrected chi connectivity index (χ1v) is 15.4. The Labute approximate surface area is 126 Å². The summed E-state index contributed by atoms with van der Waals surface area (Å²) in [5.74, 6) is 0. The van der Waals surface area contributed by atoms with Crippen molar-refractivity contribution in [1.29, 1.82) is 0 Å². The van der Waals surface area contributed by atoms with Crippen molar-refractivity contribution in [3.05, 3.63) is 0 Å². The van der Waals surface area contributed by atoms with E-state index in [0.29, 0.717) is 0 Å². The second-order valence-corrected chi connectivity index (χ2v) is 19.5. The molecule has 0 spiro atoms. The Kier molecular flexibility index (Phi) is 10.3. The third-order valence-corrected chi connectivity index (χ3v) is 11.4. The average molecular weight is 351 g/mol. The molecule has 0 saturated heterocycles. The Morgan fingerprint density at radius 1 is 0.750 bits per heavy atom. The summed E-state index contributed by atoms with van der Waals surface area (Å²) in [5, 5.41) is 0. The fraction of sp³-hybridized carbons (Fsp3) is 1.00. The number of rotatable bonds is 6. The van der Waals surface area contributed by atoms with Gasteiger partial charge in [-0.05, 0) is 51.9 Å². The van der Waals surface area contributed by atoms with E-state index < -0.39 is 37.8 Å². The molecule has 0 N–H and O–H groups in total. The van der Waals surface area contributed by atoms with Crippen molar-refractivity contribution in [3.8, 4) is 0 Å². The third-order valence-electron chi connectivity index (χ3n) is 1.91. The van der Waals surface area contributed by atoms with Crippen LogP contribution in [0, 0.1) is 0 Å². The van der Waals surface area contributed by atoms with E-state index in [-0.39, 0.29) is 20.9 Å². The van der Waals surface area contributed by atoms with Gasteiger partial charge in [0.15, 0.2) is 16.6 Å². The van der Waals surface area contributed by atoms with E-state index in [1.165, 1.54) is 0 Å². The van der Waals surface area contributed by atoms with Gasteiger partial charge in [-0.15, -0.1) is 0 Å². The van der Waals surface area contributed by atoms with Crippen molar-refractivity contribution in [1.82, 2.24) is 0 Å². The van der Waals surface area contributed by atoms with Crippen LogP contribution in [0.5, 0.6) is 0 Å². The molecule has 0 unspecified atom stereocenters. The van der Waals surface area contributed by atoms with Gasteiger partial charge in [-0.2, -0.15) is 13.2 Å². The summed E-state index contributed by atoms with van der Waals surface area (Å²) >= 11 is 0. The maximum Gasteiger partial charge on any atom is 0.389 e. The quantitative estimate of drug-likeness (QED) is 0.548. The predicted molar refractivity (Wildman–Crippen MR) is 89.4 cm³/mol. The summed E-state index contributed by atoms with van der Waals surface area (Å²) < 4.78 is 49.1. The highest BCUT2D eigenvalue weighted by Crippen LogP contribution is 2.30. The minimum atomic E-state index is -4.14. The topological polar surface area (TPSA) is 18.5 Å². The lowest BCUT2D eigenvalue weighted by molar-refractivity contribution is -0.131. The standard InChI is InChI=1S/C10H25F3O2Si3.2CH4/c1-16(2,3)14-18(7,15-17(4,5)6)9-8-10(11,12)13;;/h8-9H2,1-7H3;2*1H4. The molecule has 0 fully saturated rings. The van der Waals surface area contributed by atoms with E-state index in [4.69, 9.17) is 8.23 Å². The van der Waals surface area contributed by atoms with Crippen LogP contribution in [0.15, 0.2) is 0 Å². The highest BCUT2D eigenvalue weighted by Gasteiger charge is 2.43. The lowest BCUT2D eigenvalue weighted by Gasteiger charge is -2.38. The molecule has 0 aliphatic carbocycles. The van der Waals surface area contributed by atoms with E-state index in [0.717, 1.165) is 0 Å². The molecule has 0 amide bonds.